The van der Waals surface area contributed by atoms with E-state index in [9.17, 15) is 4.79 Å². The number of carbonyl (C=O) groups is 1. The standard InChI is InChI=1S/C19H20N4O3S/c24-18(12-26-13-19-22-15-3-1-2-4-16(15)27-19)21-14-5-6-17(20-11-14)23-7-9-25-10-8-23/h1-6,11H,7-10,12-13H2,(H,21,24). The third-order valence-corrected chi connectivity index (χ3v) is 5.17. The van der Waals surface area contributed by atoms with E-state index in [2.05, 4.69) is 20.2 Å². The van der Waals surface area contributed by atoms with Crippen molar-refractivity contribution in [2.24, 2.45) is 0 Å². The van der Waals surface area contributed by atoms with E-state index in [-0.39, 0.29) is 12.5 Å². The van der Waals surface area contributed by atoms with Crippen LogP contribution in [-0.2, 0) is 20.9 Å². The number of nitrogens with zero attached hydrogens (tertiary/aromatic N) is 3. The Morgan fingerprint density at radius 1 is 1.22 bits per heavy atom. The quantitative estimate of drug-likeness (QED) is 0.704. The predicted molar refractivity (Wildman–Crippen MR) is 105 cm³/mol. The van der Waals surface area contributed by atoms with Gasteiger partial charge < -0.3 is 19.7 Å². The van der Waals surface area contributed by atoms with Crippen LogP contribution in [0.3, 0.4) is 0 Å². The van der Waals surface area contributed by atoms with Gasteiger partial charge in [-0.2, -0.15) is 0 Å². The molecule has 0 unspecified atom stereocenters. The summed E-state index contributed by atoms with van der Waals surface area (Å²) in [7, 11) is 0. The summed E-state index contributed by atoms with van der Waals surface area (Å²) >= 11 is 1.58. The summed E-state index contributed by atoms with van der Waals surface area (Å²) in [6, 6.07) is 11.7. The molecule has 3 heterocycles. The number of hydrogen-bond donors (Lipinski definition) is 1. The van der Waals surface area contributed by atoms with Crippen molar-refractivity contribution in [3.63, 3.8) is 0 Å². The first kappa shape index (κ1) is 17.8. The zero-order valence-corrected chi connectivity index (χ0v) is 15.6. The van der Waals surface area contributed by atoms with E-state index in [4.69, 9.17) is 9.47 Å². The third kappa shape index (κ3) is 4.60. The lowest BCUT2D eigenvalue weighted by Crippen LogP contribution is -2.36. The van der Waals surface area contributed by atoms with Gasteiger partial charge in [0.25, 0.3) is 0 Å². The molecule has 0 aliphatic carbocycles. The smallest absolute Gasteiger partial charge is 0.250 e. The molecule has 0 bridgehead atoms. The number of hydrogen-bond acceptors (Lipinski definition) is 7. The maximum absolute atomic E-state index is 12.1. The first-order valence-corrected chi connectivity index (χ1v) is 9.60. The highest BCUT2D eigenvalue weighted by Gasteiger charge is 2.12. The molecule has 0 atom stereocenters. The topological polar surface area (TPSA) is 76.6 Å². The number of aromatic nitrogens is 2. The molecule has 1 aromatic carbocycles. The Hall–Kier alpha value is -2.55. The molecule has 4 rings (SSSR count). The van der Waals surface area contributed by atoms with Crippen molar-refractivity contribution in [1.82, 2.24) is 9.97 Å². The number of rotatable bonds is 6. The van der Waals surface area contributed by atoms with Crippen LogP contribution in [0.1, 0.15) is 5.01 Å². The van der Waals surface area contributed by atoms with Crippen LogP contribution in [0.5, 0.6) is 0 Å². The van der Waals surface area contributed by atoms with Crippen LogP contribution in [0.15, 0.2) is 42.6 Å². The fourth-order valence-corrected chi connectivity index (χ4v) is 3.75. The number of benzene rings is 1. The van der Waals surface area contributed by atoms with Crippen LogP contribution < -0.4 is 10.2 Å². The zero-order chi connectivity index (χ0) is 18.5. The molecule has 27 heavy (non-hydrogen) atoms. The highest BCUT2D eigenvalue weighted by molar-refractivity contribution is 7.18. The molecule has 1 fully saturated rings. The van der Waals surface area contributed by atoms with Gasteiger partial charge in [-0.1, -0.05) is 12.1 Å². The Labute approximate surface area is 160 Å². The number of carbonyl (C=O) groups excluding carboxylic acids is 1. The fraction of sp³-hybridized carbons (Fsp3) is 0.316. The molecular weight excluding hydrogens is 364 g/mol. The van der Waals surface area contributed by atoms with Crippen molar-refractivity contribution in [3.05, 3.63) is 47.6 Å². The largest absolute Gasteiger partial charge is 0.378 e. The highest BCUT2D eigenvalue weighted by Crippen LogP contribution is 2.22. The molecule has 2 aromatic heterocycles. The van der Waals surface area contributed by atoms with E-state index < -0.39 is 0 Å². The average Bonchev–Trinajstić information content (AvgIpc) is 3.12. The predicted octanol–water partition coefficient (Wildman–Crippen LogP) is 2.68. The zero-order valence-electron chi connectivity index (χ0n) is 14.8. The lowest BCUT2D eigenvalue weighted by atomic mass is 10.3. The molecule has 7 nitrogen and oxygen atoms in total. The van der Waals surface area contributed by atoms with Gasteiger partial charge in [-0.3, -0.25) is 4.79 Å². The van der Waals surface area contributed by atoms with Gasteiger partial charge in [-0.25, -0.2) is 9.97 Å². The highest BCUT2D eigenvalue weighted by atomic mass is 32.1. The van der Waals surface area contributed by atoms with Gasteiger partial charge >= 0.3 is 0 Å². The number of anilines is 2. The molecular formula is C19H20N4O3S. The number of ether oxygens (including phenoxy) is 2. The second-order valence-corrected chi connectivity index (χ2v) is 7.24. The van der Waals surface area contributed by atoms with Crippen LogP contribution in [0.25, 0.3) is 10.2 Å². The molecule has 8 heteroatoms. The molecule has 0 saturated carbocycles. The number of nitrogens with one attached hydrogen (secondary N) is 1. The first-order valence-electron chi connectivity index (χ1n) is 8.79. The van der Waals surface area contributed by atoms with E-state index in [1.807, 2.05) is 36.4 Å². The number of para-hydroxylation sites is 1. The van der Waals surface area contributed by atoms with Crippen molar-refractivity contribution in [3.8, 4) is 0 Å². The first-order chi connectivity index (χ1) is 13.3. The summed E-state index contributed by atoms with van der Waals surface area (Å²) in [5.41, 5.74) is 1.61. The summed E-state index contributed by atoms with van der Waals surface area (Å²) in [4.78, 5) is 23.1. The van der Waals surface area contributed by atoms with Crippen molar-refractivity contribution >= 4 is 39.0 Å². The third-order valence-electron chi connectivity index (χ3n) is 4.16. The minimum Gasteiger partial charge on any atom is -0.378 e. The molecule has 0 spiro atoms. The van der Waals surface area contributed by atoms with Crippen molar-refractivity contribution in [2.75, 3.05) is 43.1 Å². The van der Waals surface area contributed by atoms with Crippen LogP contribution in [0.2, 0.25) is 0 Å². The van der Waals surface area contributed by atoms with E-state index in [0.29, 0.717) is 25.5 Å². The van der Waals surface area contributed by atoms with E-state index in [0.717, 1.165) is 34.1 Å². The number of amides is 1. The van der Waals surface area contributed by atoms with E-state index >= 15 is 0 Å². The summed E-state index contributed by atoms with van der Waals surface area (Å²) < 4.78 is 12.0. The van der Waals surface area contributed by atoms with Crippen LogP contribution >= 0.6 is 11.3 Å². The second kappa shape index (κ2) is 8.43. The maximum atomic E-state index is 12.1. The monoisotopic (exact) mass is 384 g/mol. The number of thiazole rings is 1. The minimum atomic E-state index is -0.211. The van der Waals surface area contributed by atoms with Gasteiger partial charge in [0.2, 0.25) is 5.91 Å². The van der Waals surface area contributed by atoms with Crippen LogP contribution in [-0.4, -0.2) is 48.8 Å². The Morgan fingerprint density at radius 3 is 2.85 bits per heavy atom. The number of pyridine rings is 1. The summed E-state index contributed by atoms with van der Waals surface area (Å²) in [6.45, 7) is 3.39. The van der Waals surface area contributed by atoms with Crippen molar-refractivity contribution in [2.45, 2.75) is 6.61 Å². The Morgan fingerprint density at radius 2 is 2.07 bits per heavy atom. The van der Waals surface area contributed by atoms with Gasteiger partial charge in [-0.05, 0) is 24.3 Å². The van der Waals surface area contributed by atoms with E-state index in [1.165, 1.54) is 0 Å². The Kier molecular flexibility index (Phi) is 5.57. The molecule has 1 aliphatic heterocycles. The minimum absolute atomic E-state index is 0.0266. The summed E-state index contributed by atoms with van der Waals surface area (Å²) in [5, 5.41) is 3.66. The van der Waals surface area contributed by atoms with Crippen molar-refractivity contribution < 1.29 is 14.3 Å². The molecule has 0 radical (unpaired) electrons. The van der Waals surface area contributed by atoms with Gasteiger partial charge in [0.05, 0.1) is 41.9 Å². The maximum Gasteiger partial charge on any atom is 0.250 e. The lowest BCUT2D eigenvalue weighted by molar-refractivity contribution is -0.121. The Bertz CT molecular complexity index is 874. The van der Waals surface area contributed by atoms with Crippen LogP contribution in [0.4, 0.5) is 11.5 Å². The van der Waals surface area contributed by atoms with Gasteiger partial charge in [0.15, 0.2) is 0 Å². The lowest BCUT2D eigenvalue weighted by Gasteiger charge is -2.27. The SMILES string of the molecule is O=C(COCc1nc2ccccc2s1)Nc1ccc(N2CCOCC2)nc1. The van der Waals surface area contributed by atoms with Crippen LogP contribution in [0, 0.1) is 0 Å². The number of fused-ring (bicyclic) bond motifs is 1. The molecule has 1 saturated heterocycles. The van der Waals surface area contributed by atoms with Gasteiger partial charge in [0.1, 0.15) is 17.4 Å². The normalized spacial score (nSPS) is 14.4. The van der Waals surface area contributed by atoms with E-state index in [1.54, 1.807) is 17.5 Å². The Balaban J connectivity index is 1.25. The molecule has 140 valence electrons. The van der Waals surface area contributed by atoms with Gasteiger partial charge in [0, 0.05) is 13.1 Å². The molecule has 1 aliphatic rings. The fourth-order valence-electron chi connectivity index (χ4n) is 2.85. The molecule has 1 N–H and O–H groups in total. The summed E-state index contributed by atoms with van der Waals surface area (Å²) in [5.74, 6) is 0.681. The number of morpholine rings is 1. The molecule has 3 aromatic rings. The molecule has 1 amide bonds. The second-order valence-electron chi connectivity index (χ2n) is 6.12. The average molecular weight is 384 g/mol. The summed E-state index contributed by atoms with van der Waals surface area (Å²) in [6.07, 6.45) is 1.66. The van der Waals surface area contributed by atoms with Crippen molar-refractivity contribution in [1.29, 1.82) is 0 Å². The van der Waals surface area contributed by atoms with Gasteiger partial charge in [-0.15, -0.1) is 11.3 Å².